The molecule has 1 fully saturated rings. The van der Waals surface area contributed by atoms with Crippen LogP contribution in [0.1, 0.15) is 30.1 Å². The third-order valence-electron chi connectivity index (χ3n) is 3.69. The number of hydrogen-bond acceptors (Lipinski definition) is 2. The van der Waals surface area contributed by atoms with Crippen molar-refractivity contribution in [1.29, 1.82) is 0 Å². The topological polar surface area (TPSA) is 18.5 Å². The molecule has 3 rings (SSSR count). The highest BCUT2D eigenvalue weighted by molar-refractivity contribution is 6.18. The fraction of sp³-hybridized carbons (Fsp3) is 0.571. The maximum Gasteiger partial charge on any atom is 0.122 e. The van der Waals surface area contributed by atoms with E-state index >= 15 is 0 Å². The summed E-state index contributed by atoms with van der Waals surface area (Å²) >= 11 is 6.04. The van der Waals surface area contributed by atoms with E-state index in [1.807, 2.05) is 0 Å². The first-order valence-corrected chi connectivity index (χ1v) is 6.85. The maximum absolute atomic E-state index is 6.04. The zero-order valence-electron chi connectivity index (χ0n) is 9.82. The SMILES string of the molecule is ClCC1CCCOC1c1ccc2c(c1)CCO2. The molecule has 2 aliphatic rings. The molecule has 1 aromatic rings. The molecule has 2 nitrogen and oxygen atoms in total. The molecule has 0 spiro atoms. The van der Waals surface area contributed by atoms with E-state index in [4.69, 9.17) is 21.1 Å². The number of ether oxygens (including phenoxy) is 2. The van der Waals surface area contributed by atoms with Gasteiger partial charge in [0.1, 0.15) is 5.75 Å². The fourth-order valence-corrected chi connectivity index (χ4v) is 3.07. The largest absolute Gasteiger partial charge is 0.493 e. The Morgan fingerprint density at radius 3 is 3.12 bits per heavy atom. The Morgan fingerprint density at radius 1 is 1.29 bits per heavy atom. The minimum Gasteiger partial charge on any atom is -0.493 e. The molecule has 0 saturated carbocycles. The Labute approximate surface area is 107 Å². The summed E-state index contributed by atoms with van der Waals surface area (Å²) in [7, 11) is 0. The van der Waals surface area contributed by atoms with Crippen molar-refractivity contribution in [2.45, 2.75) is 25.4 Å². The summed E-state index contributed by atoms with van der Waals surface area (Å²) in [5, 5.41) is 0. The third-order valence-corrected chi connectivity index (χ3v) is 4.08. The summed E-state index contributed by atoms with van der Waals surface area (Å²) in [6.45, 7) is 1.66. The van der Waals surface area contributed by atoms with Crippen LogP contribution in [-0.4, -0.2) is 19.1 Å². The molecule has 2 heterocycles. The highest BCUT2D eigenvalue weighted by atomic mass is 35.5. The quantitative estimate of drug-likeness (QED) is 0.752. The van der Waals surface area contributed by atoms with Crippen LogP contribution in [0.4, 0.5) is 0 Å². The van der Waals surface area contributed by atoms with Gasteiger partial charge < -0.3 is 9.47 Å². The Kier molecular flexibility index (Phi) is 3.26. The second-order valence-electron chi connectivity index (χ2n) is 4.81. The van der Waals surface area contributed by atoms with Crippen LogP contribution >= 0.6 is 11.6 Å². The van der Waals surface area contributed by atoms with E-state index in [1.165, 1.54) is 17.5 Å². The van der Waals surface area contributed by atoms with Crippen LogP contribution in [0.5, 0.6) is 5.75 Å². The van der Waals surface area contributed by atoms with Gasteiger partial charge in [0.2, 0.25) is 0 Å². The van der Waals surface area contributed by atoms with Crippen molar-refractivity contribution in [3.05, 3.63) is 29.3 Å². The van der Waals surface area contributed by atoms with Gasteiger partial charge in [-0.15, -0.1) is 11.6 Å². The first-order valence-electron chi connectivity index (χ1n) is 6.31. The van der Waals surface area contributed by atoms with Crippen LogP contribution in [0.3, 0.4) is 0 Å². The van der Waals surface area contributed by atoms with Crippen LogP contribution in [0.2, 0.25) is 0 Å². The standard InChI is InChI=1S/C14H17ClO2/c15-9-12-2-1-6-17-14(12)11-3-4-13-10(8-11)5-7-16-13/h3-4,8,12,14H,1-2,5-7,9H2. The second-order valence-corrected chi connectivity index (χ2v) is 5.12. The predicted molar refractivity (Wildman–Crippen MR) is 67.8 cm³/mol. The zero-order valence-corrected chi connectivity index (χ0v) is 10.6. The van der Waals surface area contributed by atoms with Crippen molar-refractivity contribution >= 4 is 11.6 Å². The number of rotatable bonds is 2. The molecule has 0 N–H and O–H groups in total. The molecule has 2 atom stereocenters. The van der Waals surface area contributed by atoms with Gasteiger partial charge >= 0.3 is 0 Å². The lowest BCUT2D eigenvalue weighted by Crippen LogP contribution is -2.23. The van der Waals surface area contributed by atoms with Crippen LogP contribution < -0.4 is 4.74 Å². The summed E-state index contributed by atoms with van der Waals surface area (Å²) < 4.78 is 11.4. The highest BCUT2D eigenvalue weighted by Crippen LogP contribution is 2.37. The average molecular weight is 253 g/mol. The summed E-state index contributed by atoms with van der Waals surface area (Å²) in [6, 6.07) is 6.43. The lowest BCUT2D eigenvalue weighted by atomic mass is 9.90. The molecule has 17 heavy (non-hydrogen) atoms. The van der Waals surface area contributed by atoms with E-state index in [0.717, 1.165) is 31.8 Å². The van der Waals surface area contributed by atoms with Gasteiger partial charge in [-0.2, -0.15) is 0 Å². The molecule has 0 amide bonds. The van der Waals surface area contributed by atoms with Crippen LogP contribution in [0.15, 0.2) is 18.2 Å². The molecule has 3 heteroatoms. The highest BCUT2D eigenvalue weighted by Gasteiger charge is 2.27. The molecule has 0 aromatic heterocycles. The molecule has 2 aliphatic heterocycles. The van der Waals surface area contributed by atoms with Crippen molar-refractivity contribution in [2.24, 2.45) is 5.92 Å². The number of halogens is 1. The first-order chi connectivity index (χ1) is 8.38. The van der Waals surface area contributed by atoms with Gasteiger partial charge in [0.25, 0.3) is 0 Å². The van der Waals surface area contributed by atoms with E-state index in [-0.39, 0.29) is 6.10 Å². The molecule has 0 aliphatic carbocycles. The zero-order chi connectivity index (χ0) is 11.7. The first kappa shape index (κ1) is 11.4. The maximum atomic E-state index is 6.04. The summed E-state index contributed by atoms with van der Waals surface area (Å²) in [4.78, 5) is 0. The minimum absolute atomic E-state index is 0.173. The summed E-state index contributed by atoms with van der Waals surface area (Å²) in [5.41, 5.74) is 2.57. The van der Waals surface area contributed by atoms with Crippen molar-refractivity contribution < 1.29 is 9.47 Å². The molecule has 2 unspecified atom stereocenters. The van der Waals surface area contributed by atoms with Crippen molar-refractivity contribution in [3.8, 4) is 5.75 Å². The van der Waals surface area contributed by atoms with E-state index in [1.54, 1.807) is 0 Å². The number of alkyl halides is 1. The van der Waals surface area contributed by atoms with Gasteiger partial charge in [-0.05, 0) is 36.1 Å². The van der Waals surface area contributed by atoms with E-state index in [9.17, 15) is 0 Å². The Morgan fingerprint density at radius 2 is 2.24 bits per heavy atom. The van der Waals surface area contributed by atoms with Gasteiger partial charge in [-0.25, -0.2) is 0 Å². The van der Waals surface area contributed by atoms with Crippen LogP contribution in [-0.2, 0) is 11.2 Å². The summed E-state index contributed by atoms with van der Waals surface area (Å²) in [5.74, 6) is 2.16. The molecule has 0 radical (unpaired) electrons. The van der Waals surface area contributed by atoms with Gasteiger partial charge in [0.15, 0.2) is 0 Å². The fourth-order valence-electron chi connectivity index (χ4n) is 2.75. The Balaban J connectivity index is 1.87. The third kappa shape index (κ3) is 2.16. The normalized spacial score (nSPS) is 27.6. The molecule has 0 bridgehead atoms. The van der Waals surface area contributed by atoms with Crippen molar-refractivity contribution in [1.82, 2.24) is 0 Å². The van der Waals surface area contributed by atoms with Crippen LogP contribution in [0.25, 0.3) is 0 Å². The molecule has 92 valence electrons. The Bertz CT molecular complexity index is 405. The van der Waals surface area contributed by atoms with Crippen LogP contribution in [0, 0.1) is 5.92 Å². The second kappa shape index (κ2) is 4.87. The average Bonchev–Trinajstić information content (AvgIpc) is 2.85. The van der Waals surface area contributed by atoms with E-state index in [0.29, 0.717) is 11.8 Å². The lowest BCUT2D eigenvalue weighted by Gasteiger charge is -2.31. The smallest absolute Gasteiger partial charge is 0.122 e. The number of hydrogen-bond donors (Lipinski definition) is 0. The number of fused-ring (bicyclic) bond motifs is 1. The molecular formula is C14H17ClO2. The van der Waals surface area contributed by atoms with Gasteiger partial charge in [0.05, 0.1) is 12.7 Å². The van der Waals surface area contributed by atoms with E-state index in [2.05, 4.69) is 18.2 Å². The van der Waals surface area contributed by atoms with Crippen molar-refractivity contribution in [3.63, 3.8) is 0 Å². The van der Waals surface area contributed by atoms with Gasteiger partial charge in [-0.1, -0.05) is 6.07 Å². The van der Waals surface area contributed by atoms with Gasteiger partial charge in [-0.3, -0.25) is 0 Å². The van der Waals surface area contributed by atoms with E-state index < -0.39 is 0 Å². The number of benzene rings is 1. The molecule has 1 aromatic carbocycles. The van der Waals surface area contributed by atoms with Gasteiger partial charge in [0, 0.05) is 24.8 Å². The molecule has 1 saturated heterocycles. The summed E-state index contributed by atoms with van der Waals surface area (Å²) in [6.07, 6.45) is 3.48. The predicted octanol–water partition coefficient (Wildman–Crippen LogP) is 3.33. The van der Waals surface area contributed by atoms with Crippen molar-refractivity contribution in [2.75, 3.05) is 19.1 Å². The lowest BCUT2D eigenvalue weighted by molar-refractivity contribution is -0.0208. The Hall–Kier alpha value is -0.730. The molecular weight excluding hydrogens is 236 g/mol. The monoisotopic (exact) mass is 252 g/mol. The minimum atomic E-state index is 0.173.